The molecule has 0 atom stereocenters. The molecule has 0 unspecified atom stereocenters. The average molecular weight is 887 g/mol. The van der Waals surface area contributed by atoms with E-state index in [0.29, 0.717) is 0 Å². The summed E-state index contributed by atoms with van der Waals surface area (Å²) >= 11 is 0. The standard InChI is InChI=1S/C65H51BN2O/c1-63(2,3)41-28-32-43(33-29-41)67-55-38-37-52-59(47-19-9-10-20-49(47)65(52)50-21-11-15-25-57(50)69-58-26-16-12-22-51(58)65)60(55)66-53-23-13-14-24-54(53)68(44-34-30-42(31-35-44)64(4,5)6)62-46-36-27-40-17-7-8-18-45(40)48(46)39-56(67)61(62)66/h7-39H,1-6H3. The normalized spacial score (nSPS) is 14.7. The van der Waals surface area contributed by atoms with Crippen LogP contribution in [0, 0.1) is 0 Å². The van der Waals surface area contributed by atoms with Crippen LogP contribution in [0.1, 0.15) is 74.9 Å². The molecule has 0 bridgehead atoms. The second-order valence-electron chi connectivity index (χ2n) is 21.6. The lowest BCUT2D eigenvalue weighted by Crippen LogP contribution is -2.62. The molecule has 1 aliphatic carbocycles. The number of rotatable bonds is 2. The van der Waals surface area contributed by atoms with Gasteiger partial charge in [-0.25, -0.2) is 0 Å². The molecule has 10 aromatic carbocycles. The topological polar surface area (TPSA) is 15.7 Å². The van der Waals surface area contributed by atoms with Crippen LogP contribution in [-0.2, 0) is 16.2 Å². The Hall–Kier alpha value is -7.82. The molecule has 3 heterocycles. The molecule has 0 radical (unpaired) electrons. The summed E-state index contributed by atoms with van der Waals surface area (Å²) in [6.07, 6.45) is 0. The van der Waals surface area contributed by atoms with E-state index in [4.69, 9.17) is 4.74 Å². The third-order valence-electron chi connectivity index (χ3n) is 15.8. The molecule has 3 aliphatic heterocycles. The first kappa shape index (κ1) is 40.3. The Kier molecular flexibility index (Phi) is 8.24. The van der Waals surface area contributed by atoms with E-state index in [1.165, 1.54) is 105 Å². The van der Waals surface area contributed by atoms with Gasteiger partial charge in [0.2, 0.25) is 0 Å². The van der Waals surface area contributed by atoms with Gasteiger partial charge < -0.3 is 14.5 Å². The minimum atomic E-state index is -0.605. The number of hydrogen-bond acceptors (Lipinski definition) is 3. The van der Waals surface area contributed by atoms with Gasteiger partial charge in [0, 0.05) is 45.0 Å². The summed E-state index contributed by atoms with van der Waals surface area (Å²) < 4.78 is 6.81. The van der Waals surface area contributed by atoms with Gasteiger partial charge in [-0.1, -0.05) is 187 Å². The smallest absolute Gasteiger partial charge is 0.252 e. The molecule has 0 saturated carbocycles. The van der Waals surface area contributed by atoms with E-state index in [1.807, 2.05) is 0 Å². The Bertz CT molecular complexity index is 3750. The van der Waals surface area contributed by atoms with Gasteiger partial charge in [0.1, 0.15) is 11.5 Å². The van der Waals surface area contributed by atoms with Crippen molar-refractivity contribution in [2.75, 3.05) is 9.80 Å². The maximum absolute atomic E-state index is 6.81. The molecule has 10 aromatic rings. The minimum Gasteiger partial charge on any atom is -0.457 e. The van der Waals surface area contributed by atoms with Gasteiger partial charge >= 0.3 is 0 Å². The molecule has 330 valence electrons. The van der Waals surface area contributed by atoms with Gasteiger partial charge in [-0.2, -0.15) is 0 Å². The maximum Gasteiger partial charge on any atom is 0.252 e. The molecule has 69 heavy (non-hydrogen) atoms. The van der Waals surface area contributed by atoms with Crippen molar-refractivity contribution in [3.05, 3.63) is 234 Å². The first-order chi connectivity index (χ1) is 33.5. The highest BCUT2D eigenvalue weighted by Gasteiger charge is 2.54. The molecule has 4 heteroatoms. The third-order valence-corrected chi connectivity index (χ3v) is 15.8. The first-order valence-electron chi connectivity index (χ1n) is 24.5. The zero-order valence-corrected chi connectivity index (χ0v) is 39.9. The molecule has 0 saturated heterocycles. The summed E-state index contributed by atoms with van der Waals surface area (Å²) in [6.45, 7) is 13.7. The summed E-state index contributed by atoms with van der Waals surface area (Å²) in [5.74, 6) is 1.80. The fourth-order valence-corrected chi connectivity index (χ4v) is 12.7. The number of fused-ring (bicyclic) bond motifs is 18. The summed E-state index contributed by atoms with van der Waals surface area (Å²) in [5.41, 5.74) is 20.7. The SMILES string of the molecule is CC(C)(C)c1ccc(N2c3ccc4c(c3B3c5ccccc5N(c5ccc(C(C)(C)C)cc5)c5c3c2cc2c5ccc3ccccc32)-c2ccccc2C42c3ccccc3Oc3ccccc32)cc1. The number of anilines is 6. The molecule has 0 N–H and O–H groups in total. The van der Waals surface area contributed by atoms with E-state index in [2.05, 4.69) is 252 Å². The van der Waals surface area contributed by atoms with Gasteiger partial charge in [-0.15, -0.1) is 0 Å². The van der Waals surface area contributed by atoms with E-state index in [-0.39, 0.29) is 17.5 Å². The molecule has 14 rings (SSSR count). The van der Waals surface area contributed by atoms with E-state index in [9.17, 15) is 0 Å². The zero-order chi connectivity index (χ0) is 46.6. The van der Waals surface area contributed by atoms with E-state index >= 15 is 0 Å². The van der Waals surface area contributed by atoms with E-state index in [1.54, 1.807) is 0 Å². The average Bonchev–Trinajstić information content (AvgIpc) is 3.66. The van der Waals surface area contributed by atoms with Crippen LogP contribution in [0.25, 0.3) is 32.7 Å². The van der Waals surface area contributed by atoms with Crippen molar-refractivity contribution in [2.45, 2.75) is 57.8 Å². The van der Waals surface area contributed by atoms with Gasteiger partial charge in [0.05, 0.1) is 11.1 Å². The van der Waals surface area contributed by atoms with Crippen molar-refractivity contribution in [1.82, 2.24) is 0 Å². The first-order valence-corrected chi connectivity index (χ1v) is 24.5. The molecule has 0 fully saturated rings. The van der Waals surface area contributed by atoms with Crippen molar-refractivity contribution in [3.63, 3.8) is 0 Å². The molecule has 1 spiro atoms. The molecular weight excluding hydrogens is 836 g/mol. The lowest BCUT2D eigenvalue weighted by molar-refractivity contribution is 0.436. The highest BCUT2D eigenvalue weighted by Crippen LogP contribution is 2.63. The van der Waals surface area contributed by atoms with Crippen LogP contribution in [0.15, 0.2) is 200 Å². The Morgan fingerprint density at radius 1 is 0.420 bits per heavy atom. The van der Waals surface area contributed by atoms with Gasteiger partial charge in [0.25, 0.3) is 6.71 Å². The number of ether oxygens (including phenoxy) is 1. The van der Waals surface area contributed by atoms with Crippen LogP contribution in [0.5, 0.6) is 11.5 Å². The van der Waals surface area contributed by atoms with Crippen LogP contribution in [0.3, 0.4) is 0 Å². The molecule has 0 amide bonds. The van der Waals surface area contributed by atoms with Gasteiger partial charge in [0.15, 0.2) is 0 Å². The van der Waals surface area contributed by atoms with Crippen LogP contribution >= 0.6 is 0 Å². The number of benzene rings is 10. The summed E-state index contributed by atoms with van der Waals surface area (Å²) in [6, 6.07) is 75.7. The summed E-state index contributed by atoms with van der Waals surface area (Å²) in [4.78, 5) is 5.19. The Balaban J connectivity index is 1.16. The monoisotopic (exact) mass is 886 g/mol. The molecular formula is C65H51BN2O. The van der Waals surface area contributed by atoms with Crippen molar-refractivity contribution >= 4 is 78.8 Å². The molecule has 0 aromatic heterocycles. The Labute approximate surface area is 405 Å². The fraction of sp³-hybridized carbons (Fsp3) is 0.138. The quantitative estimate of drug-likeness (QED) is 0.127. The molecule has 3 nitrogen and oxygen atoms in total. The van der Waals surface area contributed by atoms with E-state index < -0.39 is 5.41 Å². The summed E-state index contributed by atoms with van der Waals surface area (Å²) in [7, 11) is 0. The van der Waals surface area contributed by atoms with Crippen molar-refractivity contribution < 1.29 is 4.74 Å². The Morgan fingerprint density at radius 2 is 1.00 bits per heavy atom. The highest BCUT2D eigenvalue weighted by molar-refractivity contribution is 7.01. The van der Waals surface area contributed by atoms with Crippen LogP contribution < -0.4 is 30.9 Å². The lowest BCUT2D eigenvalue weighted by Gasteiger charge is -2.46. The van der Waals surface area contributed by atoms with Crippen molar-refractivity contribution in [3.8, 4) is 22.6 Å². The lowest BCUT2D eigenvalue weighted by atomic mass is 9.32. The fourth-order valence-electron chi connectivity index (χ4n) is 12.7. The van der Waals surface area contributed by atoms with Gasteiger partial charge in [-0.05, 0) is 131 Å². The number of hydrogen-bond donors (Lipinski definition) is 0. The minimum absolute atomic E-state index is 0.00631. The van der Waals surface area contributed by atoms with Crippen LogP contribution in [0.4, 0.5) is 34.1 Å². The third kappa shape index (κ3) is 5.46. The number of nitrogens with zero attached hydrogens (tertiary/aromatic N) is 2. The van der Waals surface area contributed by atoms with Crippen molar-refractivity contribution in [2.24, 2.45) is 0 Å². The van der Waals surface area contributed by atoms with Crippen molar-refractivity contribution in [1.29, 1.82) is 0 Å². The molecule has 4 aliphatic rings. The Morgan fingerprint density at radius 3 is 1.68 bits per heavy atom. The second kappa shape index (κ2) is 14.1. The second-order valence-corrected chi connectivity index (χ2v) is 21.6. The summed E-state index contributed by atoms with van der Waals surface area (Å²) in [5, 5.41) is 4.98. The van der Waals surface area contributed by atoms with Crippen LogP contribution in [0.2, 0.25) is 0 Å². The van der Waals surface area contributed by atoms with Gasteiger partial charge in [-0.3, -0.25) is 0 Å². The van der Waals surface area contributed by atoms with E-state index in [0.717, 1.165) is 22.9 Å². The largest absolute Gasteiger partial charge is 0.457 e. The maximum atomic E-state index is 6.81. The number of para-hydroxylation sites is 3. The highest BCUT2D eigenvalue weighted by atomic mass is 16.5. The predicted molar refractivity (Wildman–Crippen MR) is 290 cm³/mol. The van der Waals surface area contributed by atoms with Crippen LogP contribution in [-0.4, -0.2) is 6.71 Å². The predicted octanol–water partition coefficient (Wildman–Crippen LogP) is 15.1. The zero-order valence-electron chi connectivity index (χ0n) is 39.9.